The lowest BCUT2D eigenvalue weighted by molar-refractivity contribution is -0.134. The van der Waals surface area contributed by atoms with Gasteiger partial charge in [-0.2, -0.15) is 0 Å². The minimum Gasteiger partial charge on any atom is -0.336 e. The molecule has 2 rings (SSSR count). The summed E-state index contributed by atoms with van der Waals surface area (Å²) in [6.07, 6.45) is 13.0. The number of alkyl halides is 1. The lowest BCUT2D eigenvalue weighted by Crippen LogP contribution is -2.49. The van der Waals surface area contributed by atoms with Gasteiger partial charge in [-0.25, -0.2) is 0 Å². The predicted molar refractivity (Wildman–Crippen MR) is 79.5 cm³/mol. The molecule has 17 heavy (non-hydrogen) atoms. The van der Waals surface area contributed by atoms with Crippen LogP contribution < -0.4 is 0 Å². The van der Waals surface area contributed by atoms with Crippen LogP contribution in [0.2, 0.25) is 0 Å². The Labute approximate surface area is 119 Å². The second-order valence-electron chi connectivity index (χ2n) is 5.52. The zero-order valence-corrected chi connectivity index (χ0v) is 12.8. The van der Waals surface area contributed by atoms with Crippen LogP contribution in [0.5, 0.6) is 0 Å². The summed E-state index contributed by atoms with van der Waals surface area (Å²) in [5, 5.41) is 0. The van der Waals surface area contributed by atoms with Crippen molar-refractivity contribution in [3.8, 4) is 0 Å². The minimum atomic E-state index is 0.393. The van der Waals surface area contributed by atoms with Gasteiger partial charge in [0.15, 0.2) is 0 Å². The predicted octanol–water partition coefficient (Wildman–Crippen LogP) is 3.92. The number of nitrogens with zero attached hydrogens (tertiary/aromatic N) is 1. The van der Waals surface area contributed by atoms with Gasteiger partial charge in [-0.1, -0.05) is 61.1 Å². The Kier molecular flexibility index (Phi) is 5.57. The van der Waals surface area contributed by atoms with Crippen LogP contribution in [-0.4, -0.2) is 27.3 Å². The van der Waals surface area contributed by atoms with Gasteiger partial charge >= 0.3 is 0 Å². The molecule has 2 nitrogen and oxygen atoms in total. The molecule has 0 atom stereocenters. The fourth-order valence-electron chi connectivity index (χ4n) is 3.49. The number of carbonyl (C=O) groups is 1. The maximum Gasteiger partial charge on any atom is 0.232 e. The highest BCUT2D eigenvalue weighted by molar-refractivity contribution is 14.1. The first-order chi connectivity index (χ1) is 8.33. The van der Waals surface area contributed by atoms with Crippen molar-refractivity contribution in [2.45, 2.75) is 76.3 Å². The average molecular weight is 349 g/mol. The number of halogens is 1. The second-order valence-corrected chi connectivity index (χ2v) is 6.28. The Morgan fingerprint density at radius 1 is 0.882 bits per heavy atom. The Balaban J connectivity index is 2.02. The molecule has 0 radical (unpaired) electrons. The second kappa shape index (κ2) is 6.95. The van der Waals surface area contributed by atoms with E-state index in [9.17, 15) is 4.79 Å². The normalized spacial score (nSPS) is 23.6. The smallest absolute Gasteiger partial charge is 0.232 e. The fourth-order valence-corrected chi connectivity index (χ4v) is 3.89. The van der Waals surface area contributed by atoms with Gasteiger partial charge in [0.05, 0.1) is 4.43 Å². The molecule has 0 aromatic heterocycles. The monoisotopic (exact) mass is 349 g/mol. The molecule has 0 bridgehead atoms. The number of rotatable bonds is 3. The van der Waals surface area contributed by atoms with E-state index in [2.05, 4.69) is 27.5 Å². The standard InChI is InChI=1S/C14H24INO/c15-11-14(17)16(12-7-3-1-4-8-12)13-9-5-2-6-10-13/h12-13H,1-11H2. The van der Waals surface area contributed by atoms with Gasteiger partial charge in [-0.3, -0.25) is 4.79 Å². The van der Waals surface area contributed by atoms with E-state index in [1.807, 2.05) is 0 Å². The van der Waals surface area contributed by atoms with Gasteiger partial charge in [0.2, 0.25) is 5.91 Å². The highest BCUT2D eigenvalue weighted by atomic mass is 127. The van der Waals surface area contributed by atoms with Crippen LogP contribution in [0.1, 0.15) is 64.2 Å². The van der Waals surface area contributed by atoms with E-state index >= 15 is 0 Å². The molecule has 0 heterocycles. The summed E-state index contributed by atoms with van der Waals surface area (Å²) in [7, 11) is 0. The summed E-state index contributed by atoms with van der Waals surface area (Å²) >= 11 is 2.23. The van der Waals surface area contributed by atoms with Crippen LogP contribution in [-0.2, 0) is 4.79 Å². The Morgan fingerprint density at radius 2 is 1.29 bits per heavy atom. The van der Waals surface area contributed by atoms with Crippen LogP contribution in [0.4, 0.5) is 0 Å². The molecule has 0 saturated heterocycles. The first-order valence-electron chi connectivity index (χ1n) is 7.20. The van der Waals surface area contributed by atoms with Gasteiger partial charge in [0, 0.05) is 12.1 Å². The van der Waals surface area contributed by atoms with Crippen molar-refractivity contribution < 1.29 is 4.79 Å². The van der Waals surface area contributed by atoms with Crippen LogP contribution in [0, 0.1) is 0 Å². The molecule has 0 N–H and O–H groups in total. The van der Waals surface area contributed by atoms with Crippen molar-refractivity contribution >= 4 is 28.5 Å². The summed E-state index contributed by atoms with van der Waals surface area (Å²) in [4.78, 5) is 14.5. The molecule has 3 heteroatoms. The van der Waals surface area contributed by atoms with Gasteiger partial charge in [0.25, 0.3) is 0 Å². The van der Waals surface area contributed by atoms with E-state index in [1.165, 1.54) is 64.2 Å². The summed E-state index contributed by atoms with van der Waals surface area (Å²) < 4.78 is 0.657. The van der Waals surface area contributed by atoms with Crippen molar-refractivity contribution in [2.75, 3.05) is 4.43 Å². The van der Waals surface area contributed by atoms with Crippen molar-refractivity contribution in [1.29, 1.82) is 0 Å². The largest absolute Gasteiger partial charge is 0.336 e. The first-order valence-corrected chi connectivity index (χ1v) is 8.72. The van der Waals surface area contributed by atoms with Crippen LogP contribution >= 0.6 is 22.6 Å². The van der Waals surface area contributed by atoms with Gasteiger partial charge in [0.1, 0.15) is 0 Å². The molecule has 2 fully saturated rings. The number of hydrogen-bond donors (Lipinski definition) is 0. The zero-order valence-electron chi connectivity index (χ0n) is 10.7. The lowest BCUT2D eigenvalue weighted by Gasteiger charge is -2.41. The molecule has 98 valence electrons. The summed E-state index contributed by atoms with van der Waals surface area (Å²) in [5.41, 5.74) is 0. The molecular formula is C14H24INO. The Bertz CT molecular complexity index is 227. The molecule has 0 aromatic carbocycles. The van der Waals surface area contributed by atoms with E-state index in [4.69, 9.17) is 0 Å². The highest BCUT2D eigenvalue weighted by Crippen LogP contribution is 2.30. The van der Waals surface area contributed by atoms with Crippen LogP contribution in [0.25, 0.3) is 0 Å². The number of carbonyl (C=O) groups excluding carboxylic acids is 1. The SMILES string of the molecule is O=C(CI)N(C1CCCCC1)C1CCCCC1. The van der Waals surface area contributed by atoms with E-state index in [1.54, 1.807) is 0 Å². The summed E-state index contributed by atoms with van der Waals surface area (Å²) in [6, 6.07) is 1.13. The number of hydrogen-bond acceptors (Lipinski definition) is 1. The zero-order chi connectivity index (χ0) is 12.1. The van der Waals surface area contributed by atoms with Crippen LogP contribution in [0.15, 0.2) is 0 Å². The van der Waals surface area contributed by atoms with E-state index < -0.39 is 0 Å². The Morgan fingerprint density at radius 3 is 1.65 bits per heavy atom. The number of amides is 1. The van der Waals surface area contributed by atoms with Gasteiger partial charge < -0.3 is 4.90 Å². The molecular weight excluding hydrogens is 325 g/mol. The molecule has 0 spiro atoms. The molecule has 1 amide bonds. The van der Waals surface area contributed by atoms with Crippen molar-refractivity contribution in [3.63, 3.8) is 0 Å². The maximum absolute atomic E-state index is 12.2. The van der Waals surface area contributed by atoms with Crippen molar-refractivity contribution in [2.24, 2.45) is 0 Å². The first kappa shape index (κ1) is 13.6. The molecule has 2 saturated carbocycles. The molecule has 0 aliphatic heterocycles. The Hall–Kier alpha value is 0.200. The van der Waals surface area contributed by atoms with Gasteiger partial charge in [-0.05, 0) is 25.7 Å². The van der Waals surface area contributed by atoms with E-state index in [-0.39, 0.29) is 0 Å². The fraction of sp³-hybridized carbons (Fsp3) is 0.929. The van der Waals surface area contributed by atoms with E-state index in [0.717, 1.165) is 0 Å². The molecule has 0 unspecified atom stereocenters. The molecule has 0 aromatic rings. The minimum absolute atomic E-state index is 0.393. The topological polar surface area (TPSA) is 20.3 Å². The molecule has 2 aliphatic carbocycles. The van der Waals surface area contributed by atoms with E-state index in [0.29, 0.717) is 22.4 Å². The third-order valence-electron chi connectivity index (χ3n) is 4.34. The third kappa shape index (κ3) is 3.58. The maximum atomic E-state index is 12.2. The third-order valence-corrected chi connectivity index (χ3v) is 4.99. The average Bonchev–Trinajstić information content (AvgIpc) is 2.41. The quantitative estimate of drug-likeness (QED) is 0.559. The lowest BCUT2D eigenvalue weighted by atomic mass is 9.88. The van der Waals surface area contributed by atoms with Crippen molar-refractivity contribution in [1.82, 2.24) is 4.90 Å². The van der Waals surface area contributed by atoms with Crippen molar-refractivity contribution in [3.05, 3.63) is 0 Å². The summed E-state index contributed by atoms with van der Waals surface area (Å²) in [5.74, 6) is 0.393. The molecule has 2 aliphatic rings. The summed E-state index contributed by atoms with van der Waals surface area (Å²) in [6.45, 7) is 0. The van der Waals surface area contributed by atoms with Gasteiger partial charge in [-0.15, -0.1) is 0 Å². The van der Waals surface area contributed by atoms with Crippen LogP contribution in [0.3, 0.4) is 0 Å². The highest BCUT2D eigenvalue weighted by Gasteiger charge is 2.31.